The molecule has 5 heterocycles. The second-order valence-electron chi connectivity index (χ2n) is 16.5. The highest BCUT2D eigenvalue weighted by molar-refractivity contribution is 5.78. The van der Waals surface area contributed by atoms with Crippen molar-refractivity contribution in [3.63, 3.8) is 0 Å². The summed E-state index contributed by atoms with van der Waals surface area (Å²) in [7, 11) is 0. The molecule has 0 unspecified atom stereocenters. The number of carbonyl (C=O) groups is 2. The van der Waals surface area contributed by atoms with Crippen LogP contribution in [0.1, 0.15) is 109 Å². The molecule has 4 aliphatic rings. The van der Waals surface area contributed by atoms with Crippen LogP contribution in [0.2, 0.25) is 0 Å². The summed E-state index contributed by atoms with van der Waals surface area (Å²) in [5.74, 6) is 1.98. The van der Waals surface area contributed by atoms with Crippen molar-refractivity contribution in [1.82, 2.24) is 29.7 Å². The molecule has 2 saturated heterocycles. The smallest absolute Gasteiger partial charge is 0.411 e. The SMILES string of the molecule is CC(C)(C)OC(=O)N1CCC[C@H]1c1ncc(-c2ccc3c(c2)COCc2cc(-c4cnc([C@H]5[C@H]6CC[C@H](C6)N5C(=O)OC(C)(C)C)[nH]4)ccc2-3)[nH]1. The number of likely N-dealkylation sites (tertiary alicyclic amines) is 2. The summed E-state index contributed by atoms with van der Waals surface area (Å²) in [5, 5.41) is 0. The van der Waals surface area contributed by atoms with Crippen molar-refractivity contribution in [3.05, 3.63) is 71.6 Å². The minimum absolute atomic E-state index is 0.106. The number of rotatable bonds is 4. The molecular weight excluding hydrogens is 644 g/mol. The van der Waals surface area contributed by atoms with Gasteiger partial charge in [0.1, 0.15) is 22.9 Å². The first-order chi connectivity index (χ1) is 24.3. The lowest BCUT2D eigenvalue weighted by atomic mass is 9.93. The predicted molar refractivity (Wildman–Crippen MR) is 192 cm³/mol. The molecule has 1 aliphatic carbocycles. The van der Waals surface area contributed by atoms with Gasteiger partial charge in [0.25, 0.3) is 0 Å². The Morgan fingerprint density at radius 2 is 1.37 bits per heavy atom. The number of hydrogen-bond acceptors (Lipinski definition) is 7. The van der Waals surface area contributed by atoms with E-state index in [0.29, 0.717) is 25.7 Å². The molecule has 2 aromatic carbocycles. The highest BCUT2D eigenvalue weighted by Gasteiger charge is 2.51. The zero-order valence-corrected chi connectivity index (χ0v) is 30.4. The van der Waals surface area contributed by atoms with Crippen LogP contribution in [0.25, 0.3) is 33.6 Å². The zero-order chi connectivity index (χ0) is 35.7. The highest BCUT2D eigenvalue weighted by atomic mass is 16.6. The zero-order valence-electron chi connectivity index (χ0n) is 30.4. The van der Waals surface area contributed by atoms with Crippen molar-refractivity contribution in [2.45, 2.75) is 116 Å². The minimum Gasteiger partial charge on any atom is -0.444 e. The largest absolute Gasteiger partial charge is 0.444 e. The first kappa shape index (κ1) is 33.5. The van der Waals surface area contributed by atoms with Gasteiger partial charge in [-0.05, 0) is 125 Å². The Labute approximate surface area is 299 Å². The molecule has 4 atom stereocenters. The molecule has 11 nitrogen and oxygen atoms in total. The molecule has 11 heteroatoms. The van der Waals surface area contributed by atoms with E-state index in [2.05, 4.69) is 46.4 Å². The van der Waals surface area contributed by atoms with Gasteiger partial charge in [0.05, 0.1) is 49.1 Å². The van der Waals surface area contributed by atoms with Crippen molar-refractivity contribution < 1.29 is 23.8 Å². The number of aromatic amines is 2. The number of imidazole rings is 2. The second kappa shape index (κ2) is 12.5. The maximum Gasteiger partial charge on any atom is 0.411 e. The van der Waals surface area contributed by atoms with E-state index < -0.39 is 11.2 Å². The number of fused-ring (bicyclic) bond motifs is 5. The topological polar surface area (TPSA) is 126 Å². The molecule has 8 rings (SSSR count). The lowest BCUT2D eigenvalue weighted by molar-refractivity contribution is 0.00613. The van der Waals surface area contributed by atoms with Crippen LogP contribution >= 0.6 is 0 Å². The van der Waals surface area contributed by atoms with Crippen LogP contribution in [-0.4, -0.2) is 65.7 Å². The van der Waals surface area contributed by atoms with Gasteiger partial charge in [-0.15, -0.1) is 0 Å². The van der Waals surface area contributed by atoms with Crippen molar-refractivity contribution in [3.8, 4) is 33.6 Å². The maximum atomic E-state index is 13.3. The van der Waals surface area contributed by atoms with Crippen LogP contribution < -0.4 is 0 Å². The van der Waals surface area contributed by atoms with Gasteiger partial charge >= 0.3 is 12.2 Å². The quantitative estimate of drug-likeness (QED) is 0.219. The van der Waals surface area contributed by atoms with Gasteiger partial charge < -0.3 is 24.2 Å². The summed E-state index contributed by atoms with van der Waals surface area (Å²) in [6, 6.07) is 12.9. The van der Waals surface area contributed by atoms with Crippen molar-refractivity contribution in [1.29, 1.82) is 0 Å². The van der Waals surface area contributed by atoms with E-state index in [0.717, 1.165) is 88.5 Å². The molecule has 2 amide bonds. The van der Waals surface area contributed by atoms with Crippen molar-refractivity contribution >= 4 is 12.2 Å². The summed E-state index contributed by atoms with van der Waals surface area (Å²) in [5.41, 5.74) is 7.27. The first-order valence-electron chi connectivity index (χ1n) is 18.3. The number of aromatic nitrogens is 4. The molecule has 3 fully saturated rings. The Morgan fingerprint density at radius 3 is 2.00 bits per heavy atom. The van der Waals surface area contributed by atoms with Crippen LogP contribution in [0.4, 0.5) is 9.59 Å². The molecule has 2 N–H and O–H groups in total. The third kappa shape index (κ3) is 6.52. The normalized spacial score (nSPS) is 22.9. The molecule has 0 radical (unpaired) electrons. The van der Waals surface area contributed by atoms with E-state index in [1.165, 1.54) is 0 Å². The third-order valence-electron chi connectivity index (χ3n) is 10.5. The van der Waals surface area contributed by atoms with E-state index in [1.807, 2.05) is 58.8 Å². The molecule has 2 aromatic heterocycles. The molecule has 4 aromatic rings. The third-order valence-corrected chi connectivity index (χ3v) is 10.5. The lowest BCUT2D eigenvalue weighted by Crippen LogP contribution is -2.43. The van der Waals surface area contributed by atoms with Crippen molar-refractivity contribution in [2.24, 2.45) is 5.92 Å². The van der Waals surface area contributed by atoms with Gasteiger partial charge in [0, 0.05) is 12.6 Å². The van der Waals surface area contributed by atoms with E-state index >= 15 is 0 Å². The van der Waals surface area contributed by atoms with Gasteiger partial charge in [-0.2, -0.15) is 0 Å². The number of H-pyrrole nitrogens is 2. The van der Waals surface area contributed by atoms with Gasteiger partial charge in [-0.3, -0.25) is 9.80 Å². The van der Waals surface area contributed by atoms with Gasteiger partial charge in [-0.25, -0.2) is 19.6 Å². The average Bonchev–Trinajstić information content (AvgIpc) is 3.90. The maximum absolute atomic E-state index is 13.3. The fraction of sp³-hybridized carbons (Fsp3) is 0.500. The van der Waals surface area contributed by atoms with Crippen LogP contribution in [0.3, 0.4) is 0 Å². The van der Waals surface area contributed by atoms with Crippen LogP contribution in [0, 0.1) is 5.92 Å². The van der Waals surface area contributed by atoms with Crippen LogP contribution in [0.5, 0.6) is 0 Å². The van der Waals surface area contributed by atoms with Gasteiger partial charge in [0.15, 0.2) is 0 Å². The van der Waals surface area contributed by atoms with Gasteiger partial charge in [-0.1, -0.05) is 24.3 Å². The fourth-order valence-corrected chi connectivity index (χ4v) is 8.35. The number of nitrogens with zero attached hydrogens (tertiary/aromatic N) is 4. The summed E-state index contributed by atoms with van der Waals surface area (Å²) in [4.78, 5) is 46.4. The van der Waals surface area contributed by atoms with E-state index in [4.69, 9.17) is 24.2 Å². The minimum atomic E-state index is -0.549. The Bertz CT molecular complexity index is 1970. The van der Waals surface area contributed by atoms with Crippen LogP contribution in [-0.2, 0) is 27.4 Å². The van der Waals surface area contributed by atoms with Crippen LogP contribution in [0.15, 0.2) is 48.8 Å². The van der Waals surface area contributed by atoms with Gasteiger partial charge in [0.2, 0.25) is 0 Å². The number of hydrogen-bond donors (Lipinski definition) is 2. The molecule has 3 aliphatic heterocycles. The number of carbonyl (C=O) groups excluding carboxylic acids is 2. The summed E-state index contributed by atoms with van der Waals surface area (Å²) in [6.07, 6.45) is 8.02. The monoisotopic (exact) mass is 692 g/mol. The molecule has 268 valence electrons. The Hall–Kier alpha value is -4.64. The average molecular weight is 693 g/mol. The lowest BCUT2D eigenvalue weighted by Gasteiger charge is -2.35. The Morgan fingerprint density at radius 1 is 0.784 bits per heavy atom. The number of amides is 2. The predicted octanol–water partition coefficient (Wildman–Crippen LogP) is 8.70. The van der Waals surface area contributed by atoms with E-state index in [-0.39, 0.29) is 30.3 Å². The molecule has 2 bridgehead atoms. The summed E-state index contributed by atoms with van der Waals surface area (Å²) in [6.45, 7) is 13.0. The van der Waals surface area contributed by atoms with E-state index in [9.17, 15) is 9.59 Å². The first-order valence-corrected chi connectivity index (χ1v) is 18.3. The standard InChI is InChI=1S/C40H48N6O5/c1-39(2,3)50-37(47)45-15-7-8-33(45)35-41-19-31(43-35)23-10-13-29-26(16-23)21-49-22-27-17-24(11-14-30(27)29)32-20-42-36(44-32)34-25-9-12-28(18-25)46(34)38(48)51-40(4,5)6/h10-11,13-14,16-17,19-20,25,28,33-34H,7-9,12,15,18,21-22H2,1-6H3,(H,41,43)(H,42,44)/t25-,28+,33-,34+/m0/s1. The Kier molecular flexibility index (Phi) is 8.24. The molecule has 1 saturated carbocycles. The fourth-order valence-electron chi connectivity index (χ4n) is 8.35. The molecule has 0 spiro atoms. The Balaban J connectivity index is 1.01. The second-order valence-corrected chi connectivity index (χ2v) is 16.5. The number of benzene rings is 2. The summed E-state index contributed by atoms with van der Waals surface area (Å²) >= 11 is 0. The number of piperidine rings is 1. The number of ether oxygens (including phenoxy) is 3. The summed E-state index contributed by atoms with van der Waals surface area (Å²) < 4.78 is 17.7. The molecular formula is C40H48N6O5. The highest BCUT2D eigenvalue weighted by Crippen LogP contribution is 2.50. The van der Waals surface area contributed by atoms with E-state index in [1.54, 1.807) is 4.90 Å². The molecule has 51 heavy (non-hydrogen) atoms. The number of nitrogens with one attached hydrogen (secondary N) is 2. The van der Waals surface area contributed by atoms with Crippen molar-refractivity contribution in [2.75, 3.05) is 6.54 Å².